The molecule has 0 amide bonds. The molecule has 0 radical (unpaired) electrons. The quantitative estimate of drug-likeness (QED) is 0.294. The molecule has 0 bridgehead atoms. The molecule has 1 aliphatic heterocycles. The lowest BCUT2D eigenvalue weighted by molar-refractivity contribution is -0.115. The van der Waals surface area contributed by atoms with Crippen LogP contribution in [0, 0.1) is 11.8 Å². The molecule has 43 heavy (non-hydrogen) atoms. The van der Waals surface area contributed by atoms with Crippen molar-refractivity contribution < 1.29 is 19.8 Å². The Kier molecular flexibility index (Phi) is 8.17. The van der Waals surface area contributed by atoms with Gasteiger partial charge in [0.1, 0.15) is 11.5 Å². The second-order valence-electron chi connectivity index (χ2n) is 13.3. The number of aliphatic hydroxyl groups excluding tert-OH is 2. The predicted molar refractivity (Wildman–Crippen MR) is 174 cm³/mol. The molecule has 3 aliphatic rings. The van der Waals surface area contributed by atoms with E-state index in [0.717, 1.165) is 49.2 Å². The SMILES string of the molecule is CCCCN1/C(=C\C2=C(O)C(=C3\C(=O)C=C(N(CC(C)C)CC(C)C)C=C3O)/C2=O)C(C)(C)c2c1ccc1ccccc21. The Bertz CT molecular complexity index is 1640. The number of rotatable bonds is 9. The van der Waals surface area contributed by atoms with Crippen molar-refractivity contribution >= 4 is 28.0 Å². The van der Waals surface area contributed by atoms with E-state index < -0.39 is 17.0 Å². The third-order valence-corrected chi connectivity index (χ3v) is 8.59. The normalized spacial score (nSPS) is 20.8. The van der Waals surface area contributed by atoms with Gasteiger partial charge in [0.25, 0.3) is 0 Å². The van der Waals surface area contributed by atoms with Crippen LogP contribution in [-0.4, -0.2) is 46.3 Å². The molecule has 0 aromatic heterocycles. The van der Waals surface area contributed by atoms with Gasteiger partial charge in [-0.25, -0.2) is 0 Å². The van der Waals surface area contributed by atoms with Crippen LogP contribution >= 0.6 is 0 Å². The number of aliphatic hydroxyl groups is 2. The molecule has 0 fully saturated rings. The van der Waals surface area contributed by atoms with Gasteiger partial charge in [0.15, 0.2) is 5.78 Å². The minimum absolute atomic E-state index is 0.112. The van der Waals surface area contributed by atoms with Gasteiger partial charge in [-0.2, -0.15) is 0 Å². The van der Waals surface area contributed by atoms with E-state index in [1.807, 2.05) is 12.1 Å². The number of carbonyl (C=O) groups is 2. The Morgan fingerprint density at radius 1 is 0.930 bits per heavy atom. The van der Waals surface area contributed by atoms with Crippen molar-refractivity contribution in [1.82, 2.24) is 4.90 Å². The maximum absolute atomic E-state index is 13.6. The second-order valence-corrected chi connectivity index (χ2v) is 13.3. The fraction of sp³-hybridized carbons (Fsp3) is 0.405. The van der Waals surface area contributed by atoms with E-state index >= 15 is 0 Å². The van der Waals surface area contributed by atoms with Crippen LogP contribution in [0.25, 0.3) is 10.8 Å². The molecule has 226 valence electrons. The summed E-state index contributed by atoms with van der Waals surface area (Å²) in [6.45, 7) is 17.1. The Labute approximate surface area is 255 Å². The van der Waals surface area contributed by atoms with Gasteiger partial charge >= 0.3 is 0 Å². The van der Waals surface area contributed by atoms with Crippen molar-refractivity contribution in [2.75, 3.05) is 24.5 Å². The predicted octanol–water partition coefficient (Wildman–Crippen LogP) is 7.84. The van der Waals surface area contributed by atoms with Crippen LogP contribution in [0.4, 0.5) is 5.69 Å². The number of anilines is 1. The van der Waals surface area contributed by atoms with Crippen molar-refractivity contribution in [3.8, 4) is 0 Å². The summed E-state index contributed by atoms with van der Waals surface area (Å²) in [6, 6.07) is 12.6. The molecule has 0 atom stereocenters. The number of Topliss-reactive ketones (excluding diaryl/α,β-unsaturated/α-hetero) is 1. The Hall–Kier alpha value is -4.06. The number of unbranched alkanes of at least 4 members (excludes halogenated alkanes) is 1. The monoisotopic (exact) mass is 580 g/mol. The van der Waals surface area contributed by atoms with E-state index in [0.29, 0.717) is 17.5 Å². The van der Waals surface area contributed by atoms with Gasteiger partial charge in [0.2, 0.25) is 5.78 Å². The van der Waals surface area contributed by atoms with Crippen LogP contribution in [0.15, 0.2) is 94.3 Å². The van der Waals surface area contributed by atoms with Gasteiger partial charge in [-0.3, -0.25) is 9.59 Å². The van der Waals surface area contributed by atoms with E-state index in [-0.39, 0.29) is 28.2 Å². The molecule has 2 aliphatic carbocycles. The van der Waals surface area contributed by atoms with E-state index in [2.05, 4.69) is 82.5 Å². The number of allylic oxidation sites excluding steroid dienone is 7. The van der Waals surface area contributed by atoms with E-state index in [1.165, 1.54) is 17.0 Å². The number of hydrogen-bond acceptors (Lipinski definition) is 6. The molecule has 6 nitrogen and oxygen atoms in total. The fourth-order valence-corrected chi connectivity index (χ4v) is 6.66. The van der Waals surface area contributed by atoms with E-state index in [1.54, 1.807) is 12.2 Å². The average Bonchev–Trinajstić information content (AvgIpc) is 3.16. The Morgan fingerprint density at radius 2 is 1.60 bits per heavy atom. The van der Waals surface area contributed by atoms with Gasteiger partial charge < -0.3 is 20.0 Å². The standard InChI is InChI=1S/C37H44N2O4/c1-8-9-16-39-28-15-14-24-12-10-11-13-26(24)34(28)37(6,7)31(39)19-27-35(42)33(36(27)43)32-29(40)17-25(18-30(32)41)38(20-22(2)3)21-23(4)5/h10-15,17-19,22-23,40,42H,8-9,16,20-21H2,1-7H3/b31-19-,33-32+. The first-order valence-electron chi connectivity index (χ1n) is 15.5. The molecule has 5 rings (SSSR count). The Balaban J connectivity index is 1.56. The summed E-state index contributed by atoms with van der Waals surface area (Å²) in [4.78, 5) is 31.3. The highest BCUT2D eigenvalue weighted by molar-refractivity contribution is 6.26. The molecule has 0 unspecified atom stereocenters. The third-order valence-electron chi connectivity index (χ3n) is 8.59. The van der Waals surface area contributed by atoms with Crippen molar-refractivity contribution in [2.24, 2.45) is 11.8 Å². The molecule has 0 saturated carbocycles. The zero-order valence-electron chi connectivity index (χ0n) is 26.5. The molecular formula is C37H44N2O4. The van der Waals surface area contributed by atoms with Crippen molar-refractivity contribution in [1.29, 1.82) is 0 Å². The zero-order valence-corrected chi connectivity index (χ0v) is 26.5. The van der Waals surface area contributed by atoms with Gasteiger partial charge in [-0.05, 0) is 46.7 Å². The third kappa shape index (κ3) is 5.32. The molecule has 2 N–H and O–H groups in total. The number of ketones is 2. The second kappa shape index (κ2) is 11.6. The highest BCUT2D eigenvalue weighted by atomic mass is 16.3. The summed E-state index contributed by atoms with van der Waals surface area (Å²) in [6.07, 6.45) is 6.79. The summed E-state index contributed by atoms with van der Waals surface area (Å²) in [7, 11) is 0. The Morgan fingerprint density at radius 3 is 2.21 bits per heavy atom. The molecule has 0 saturated heterocycles. The van der Waals surface area contributed by atoms with Crippen molar-refractivity contribution in [3.05, 3.63) is 99.8 Å². The lowest BCUT2D eigenvalue weighted by Crippen LogP contribution is -2.33. The summed E-state index contributed by atoms with van der Waals surface area (Å²) < 4.78 is 0. The molecule has 2 aromatic rings. The first-order valence-corrected chi connectivity index (χ1v) is 15.5. The number of nitrogens with zero attached hydrogens (tertiary/aromatic N) is 2. The fourth-order valence-electron chi connectivity index (χ4n) is 6.66. The van der Waals surface area contributed by atoms with E-state index in [9.17, 15) is 19.8 Å². The number of fused-ring (bicyclic) bond motifs is 3. The van der Waals surface area contributed by atoms with Crippen LogP contribution in [0.1, 0.15) is 66.9 Å². The molecule has 6 heteroatoms. The van der Waals surface area contributed by atoms with Gasteiger partial charge in [-0.15, -0.1) is 0 Å². The minimum atomic E-state index is -0.473. The molecule has 0 spiro atoms. The number of hydrogen-bond donors (Lipinski definition) is 2. The molecule has 2 aromatic carbocycles. The average molecular weight is 581 g/mol. The van der Waals surface area contributed by atoms with E-state index in [4.69, 9.17) is 0 Å². The number of benzene rings is 2. The van der Waals surface area contributed by atoms with Gasteiger partial charge in [-0.1, -0.05) is 85.2 Å². The summed E-state index contributed by atoms with van der Waals surface area (Å²) in [5.41, 5.74) is 3.35. The van der Waals surface area contributed by atoms with Crippen LogP contribution in [0.3, 0.4) is 0 Å². The highest BCUT2D eigenvalue weighted by Crippen LogP contribution is 2.52. The van der Waals surface area contributed by atoms with Gasteiger partial charge in [0, 0.05) is 54.3 Å². The maximum Gasteiger partial charge on any atom is 0.201 e. The van der Waals surface area contributed by atoms with Crippen LogP contribution < -0.4 is 4.90 Å². The van der Waals surface area contributed by atoms with Crippen molar-refractivity contribution in [3.63, 3.8) is 0 Å². The van der Waals surface area contributed by atoms with Crippen LogP contribution in [0.2, 0.25) is 0 Å². The van der Waals surface area contributed by atoms with Gasteiger partial charge in [0.05, 0.1) is 16.7 Å². The van der Waals surface area contributed by atoms with Crippen LogP contribution in [-0.2, 0) is 15.0 Å². The summed E-state index contributed by atoms with van der Waals surface area (Å²) >= 11 is 0. The smallest absolute Gasteiger partial charge is 0.201 e. The lowest BCUT2D eigenvalue weighted by Gasteiger charge is -2.32. The minimum Gasteiger partial charge on any atom is -0.507 e. The number of carbonyl (C=O) groups excluding carboxylic acids is 2. The topological polar surface area (TPSA) is 81.1 Å². The molecule has 1 heterocycles. The highest BCUT2D eigenvalue weighted by Gasteiger charge is 2.44. The molecular weight excluding hydrogens is 536 g/mol. The summed E-state index contributed by atoms with van der Waals surface area (Å²) in [5.74, 6) is -0.710. The first kappa shape index (κ1) is 30.4. The van der Waals surface area contributed by atoms with Crippen LogP contribution in [0.5, 0.6) is 0 Å². The largest absolute Gasteiger partial charge is 0.507 e. The lowest BCUT2D eigenvalue weighted by atomic mass is 9.77. The first-order chi connectivity index (χ1) is 20.4. The zero-order chi connectivity index (χ0) is 31.2. The summed E-state index contributed by atoms with van der Waals surface area (Å²) in [5, 5.41) is 24.6. The van der Waals surface area contributed by atoms with Crippen molar-refractivity contribution in [2.45, 2.75) is 66.7 Å². The maximum atomic E-state index is 13.6.